The van der Waals surface area contributed by atoms with Crippen LogP contribution in [0.25, 0.3) is 0 Å². The first-order chi connectivity index (χ1) is 9.26. The van der Waals surface area contributed by atoms with Crippen LogP contribution in [-0.2, 0) is 4.74 Å². The average molecular weight is 345 g/mol. The Labute approximate surface area is 127 Å². The van der Waals surface area contributed by atoms with Crippen molar-refractivity contribution in [3.8, 4) is 0 Å². The number of piperazine rings is 1. The lowest BCUT2D eigenvalue weighted by Crippen LogP contribution is -2.49. The zero-order valence-electron chi connectivity index (χ0n) is 12.3. The maximum atomic E-state index is 12.1. The van der Waals surface area contributed by atoms with Crippen molar-refractivity contribution in [1.82, 2.24) is 10.2 Å². The normalized spacial score (nSPS) is 20.1. The van der Waals surface area contributed by atoms with Crippen LogP contribution in [0.3, 0.4) is 0 Å². The Morgan fingerprint density at radius 1 is 1.55 bits per heavy atom. The summed E-state index contributed by atoms with van der Waals surface area (Å²) in [7, 11) is 0. The van der Waals surface area contributed by atoms with Gasteiger partial charge in [0.1, 0.15) is 11.4 Å². The number of carbonyl (C=O) groups excluding carboxylic acids is 1. The minimum Gasteiger partial charge on any atom is -0.452 e. The maximum Gasteiger partial charge on any atom is 0.410 e. The molecule has 5 nitrogen and oxygen atoms in total. The molecule has 1 saturated heterocycles. The number of nitrogens with zero attached hydrogens (tertiary/aromatic N) is 1. The summed E-state index contributed by atoms with van der Waals surface area (Å²) in [5.74, 6) is 0.866. The molecule has 0 aliphatic carbocycles. The highest BCUT2D eigenvalue weighted by Gasteiger charge is 2.30. The molecule has 1 aromatic heterocycles. The minimum atomic E-state index is -0.471. The van der Waals surface area contributed by atoms with Crippen LogP contribution in [-0.4, -0.2) is 36.2 Å². The molecular formula is C14H21BrN2O3. The Morgan fingerprint density at radius 3 is 2.80 bits per heavy atom. The highest BCUT2D eigenvalue weighted by Crippen LogP contribution is 2.27. The molecule has 112 valence electrons. The Bertz CT molecular complexity index is 493. The fourth-order valence-electron chi connectivity index (χ4n) is 2.22. The number of rotatable bonds is 1. The zero-order valence-corrected chi connectivity index (χ0v) is 13.9. The molecule has 0 aromatic carbocycles. The Balaban J connectivity index is 2.05. The van der Waals surface area contributed by atoms with Crippen molar-refractivity contribution < 1.29 is 13.9 Å². The van der Waals surface area contributed by atoms with E-state index in [9.17, 15) is 4.79 Å². The van der Waals surface area contributed by atoms with Crippen LogP contribution in [0.15, 0.2) is 15.2 Å². The summed E-state index contributed by atoms with van der Waals surface area (Å²) in [6.45, 7) is 9.54. The third-order valence-corrected chi connectivity index (χ3v) is 3.46. The van der Waals surface area contributed by atoms with Gasteiger partial charge >= 0.3 is 6.09 Å². The molecule has 1 atom stereocenters. The first kappa shape index (κ1) is 15.4. The van der Waals surface area contributed by atoms with Crippen molar-refractivity contribution >= 4 is 22.0 Å². The van der Waals surface area contributed by atoms with Gasteiger partial charge in [0, 0.05) is 19.6 Å². The molecule has 1 aliphatic heterocycles. The van der Waals surface area contributed by atoms with Gasteiger partial charge in [-0.25, -0.2) is 4.79 Å². The molecule has 2 heterocycles. The van der Waals surface area contributed by atoms with Gasteiger partial charge in [0.15, 0.2) is 4.67 Å². The summed E-state index contributed by atoms with van der Waals surface area (Å²) >= 11 is 3.33. The van der Waals surface area contributed by atoms with E-state index in [4.69, 9.17) is 9.15 Å². The summed E-state index contributed by atoms with van der Waals surface area (Å²) in [6, 6.07) is 1.94. The smallest absolute Gasteiger partial charge is 0.410 e. The van der Waals surface area contributed by atoms with Crippen LogP contribution in [0.4, 0.5) is 4.79 Å². The van der Waals surface area contributed by atoms with Crippen molar-refractivity contribution in [2.45, 2.75) is 39.3 Å². The van der Waals surface area contributed by atoms with E-state index in [2.05, 4.69) is 21.2 Å². The Morgan fingerprint density at radius 2 is 2.25 bits per heavy atom. The second-order valence-corrected chi connectivity index (χ2v) is 6.81. The van der Waals surface area contributed by atoms with Crippen molar-refractivity contribution in [3.63, 3.8) is 0 Å². The summed E-state index contributed by atoms with van der Waals surface area (Å²) < 4.78 is 11.8. The lowest BCUT2D eigenvalue weighted by atomic mass is 10.1. The molecule has 2 rings (SSSR count). The highest BCUT2D eigenvalue weighted by molar-refractivity contribution is 9.10. The molecule has 1 fully saturated rings. The number of amides is 1. The number of furan rings is 1. The molecule has 0 bridgehead atoms. The van der Waals surface area contributed by atoms with Crippen LogP contribution >= 0.6 is 15.9 Å². The quantitative estimate of drug-likeness (QED) is 0.849. The molecule has 1 aromatic rings. The van der Waals surface area contributed by atoms with E-state index in [1.807, 2.05) is 33.8 Å². The van der Waals surface area contributed by atoms with Gasteiger partial charge in [-0.3, -0.25) is 0 Å². The molecule has 1 N–H and O–H groups in total. The first-order valence-electron chi connectivity index (χ1n) is 6.73. The molecule has 0 spiro atoms. The van der Waals surface area contributed by atoms with Gasteiger partial charge in [-0.15, -0.1) is 0 Å². The topological polar surface area (TPSA) is 54.7 Å². The van der Waals surface area contributed by atoms with Crippen LogP contribution in [0.5, 0.6) is 0 Å². The number of hydrogen-bond acceptors (Lipinski definition) is 4. The van der Waals surface area contributed by atoms with E-state index in [1.165, 1.54) is 0 Å². The molecule has 0 saturated carbocycles. The van der Waals surface area contributed by atoms with Gasteiger partial charge in [0.05, 0.1) is 6.04 Å². The molecular weight excluding hydrogens is 324 g/mol. The van der Waals surface area contributed by atoms with Crippen LogP contribution < -0.4 is 5.32 Å². The fourth-order valence-corrected chi connectivity index (χ4v) is 2.74. The van der Waals surface area contributed by atoms with E-state index in [0.29, 0.717) is 17.8 Å². The van der Waals surface area contributed by atoms with Crippen molar-refractivity contribution in [2.75, 3.05) is 19.6 Å². The van der Waals surface area contributed by atoms with E-state index < -0.39 is 5.60 Å². The van der Waals surface area contributed by atoms with Crippen molar-refractivity contribution in [3.05, 3.63) is 22.1 Å². The molecule has 1 amide bonds. The van der Waals surface area contributed by atoms with E-state index >= 15 is 0 Å². The summed E-state index contributed by atoms with van der Waals surface area (Å²) in [5, 5.41) is 3.37. The van der Waals surface area contributed by atoms with E-state index in [1.54, 1.807) is 4.90 Å². The highest BCUT2D eigenvalue weighted by atomic mass is 79.9. The average Bonchev–Trinajstić information content (AvgIpc) is 2.66. The largest absolute Gasteiger partial charge is 0.452 e. The van der Waals surface area contributed by atoms with Crippen molar-refractivity contribution in [2.24, 2.45) is 0 Å². The van der Waals surface area contributed by atoms with Crippen LogP contribution in [0, 0.1) is 6.92 Å². The summed E-state index contributed by atoms with van der Waals surface area (Å²) in [5.41, 5.74) is 0.599. The van der Waals surface area contributed by atoms with Crippen LogP contribution in [0.2, 0.25) is 0 Å². The summed E-state index contributed by atoms with van der Waals surface area (Å²) in [4.78, 5) is 13.8. The van der Waals surface area contributed by atoms with Gasteiger partial charge in [-0.2, -0.15) is 0 Å². The third kappa shape index (κ3) is 3.76. The molecule has 0 radical (unpaired) electrons. The van der Waals surface area contributed by atoms with Gasteiger partial charge in [0.2, 0.25) is 0 Å². The number of aryl methyl sites for hydroxylation is 1. The minimum absolute atomic E-state index is 0.00238. The predicted octanol–water partition coefficient (Wildman–Crippen LogP) is 3.23. The van der Waals surface area contributed by atoms with Gasteiger partial charge in [-0.05, 0) is 55.3 Å². The second-order valence-electron chi connectivity index (χ2n) is 6.03. The van der Waals surface area contributed by atoms with E-state index in [0.717, 1.165) is 17.9 Å². The Kier molecular flexibility index (Phi) is 4.44. The number of ether oxygens (including phenoxy) is 1. The SMILES string of the molecule is Cc1cc(Br)oc1C1CN(C(=O)OC(C)(C)C)CCN1. The fraction of sp³-hybridized carbons (Fsp3) is 0.643. The Hall–Kier alpha value is -1.01. The predicted molar refractivity (Wildman–Crippen MR) is 79.7 cm³/mol. The van der Waals surface area contributed by atoms with Crippen molar-refractivity contribution in [1.29, 1.82) is 0 Å². The van der Waals surface area contributed by atoms with Crippen LogP contribution in [0.1, 0.15) is 38.1 Å². The first-order valence-corrected chi connectivity index (χ1v) is 7.53. The molecule has 20 heavy (non-hydrogen) atoms. The number of nitrogens with one attached hydrogen (secondary N) is 1. The van der Waals surface area contributed by atoms with E-state index in [-0.39, 0.29) is 12.1 Å². The monoisotopic (exact) mass is 344 g/mol. The third-order valence-electron chi connectivity index (χ3n) is 3.07. The lowest BCUT2D eigenvalue weighted by molar-refractivity contribution is 0.0187. The number of hydrogen-bond donors (Lipinski definition) is 1. The maximum absolute atomic E-state index is 12.1. The molecule has 1 unspecified atom stereocenters. The van der Waals surface area contributed by atoms with Gasteiger partial charge in [0.25, 0.3) is 0 Å². The van der Waals surface area contributed by atoms with Gasteiger partial charge < -0.3 is 19.4 Å². The van der Waals surface area contributed by atoms with Gasteiger partial charge in [-0.1, -0.05) is 0 Å². The summed E-state index contributed by atoms with van der Waals surface area (Å²) in [6.07, 6.45) is -0.271. The number of carbonyl (C=O) groups is 1. The molecule has 6 heteroatoms. The second kappa shape index (κ2) is 5.77. The standard InChI is InChI=1S/C14H21BrN2O3/c1-9-7-11(15)19-12(9)10-8-17(6-5-16-10)13(18)20-14(2,3)4/h7,10,16H,5-6,8H2,1-4H3. The number of halogens is 1. The lowest BCUT2D eigenvalue weighted by Gasteiger charge is -2.34. The molecule has 1 aliphatic rings. The zero-order chi connectivity index (χ0) is 14.9.